The number of fused-ring (bicyclic) bond motifs is 2. The number of aromatic nitrogens is 3. The molecule has 0 unspecified atom stereocenters. The van der Waals surface area contributed by atoms with E-state index in [1.807, 2.05) is 28.9 Å². The lowest BCUT2D eigenvalue weighted by atomic mass is 10.2. The summed E-state index contributed by atoms with van der Waals surface area (Å²) in [5.41, 5.74) is 7.66. The highest BCUT2D eigenvalue weighted by Crippen LogP contribution is 2.27. The van der Waals surface area contributed by atoms with Crippen molar-refractivity contribution in [2.24, 2.45) is 0 Å². The Balaban J connectivity index is 2.37. The second-order valence-electron chi connectivity index (χ2n) is 4.84. The number of ether oxygens (including phenoxy) is 1. The van der Waals surface area contributed by atoms with E-state index >= 15 is 0 Å². The molecule has 0 aliphatic rings. The van der Waals surface area contributed by atoms with Gasteiger partial charge in [0.2, 0.25) is 0 Å². The van der Waals surface area contributed by atoms with Gasteiger partial charge >= 0.3 is 0 Å². The van der Waals surface area contributed by atoms with E-state index in [0.717, 1.165) is 27.7 Å². The predicted octanol–water partition coefficient (Wildman–Crippen LogP) is 2.76. The summed E-state index contributed by atoms with van der Waals surface area (Å²) in [5, 5.41) is 6.28. The van der Waals surface area contributed by atoms with Crippen LogP contribution in [0.1, 0.15) is 19.9 Å². The zero-order valence-electron chi connectivity index (χ0n) is 11.2. The fourth-order valence-corrected chi connectivity index (χ4v) is 2.20. The Hall–Kier alpha value is -2.30. The fraction of sp³-hybridized carbons (Fsp3) is 0.286. The molecule has 0 saturated heterocycles. The zero-order valence-corrected chi connectivity index (χ0v) is 11.2. The van der Waals surface area contributed by atoms with Crippen LogP contribution < -0.4 is 10.5 Å². The van der Waals surface area contributed by atoms with Gasteiger partial charge in [0.1, 0.15) is 5.75 Å². The molecule has 5 nitrogen and oxygen atoms in total. The second kappa shape index (κ2) is 4.12. The van der Waals surface area contributed by atoms with Crippen molar-refractivity contribution in [2.75, 3.05) is 12.8 Å². The summed E-state index contributed by atoms with van der Waals surface area (Å²) in [4.78, 5) is 4.67. The molecule has 2 N–H and O–H groups in total. The summed E-state index contributed by atoms with van der Waals surface area (Å²) in [7, 11) is 1.65. The summed E-state index contributed by atoms with van der Waals surface area (Å²) in [5.74, 6) is 1.32. The molecule has 0 aliphatic carbocycles. The van der Waals surface area contributed by atoms with Crippen molar-refractivity contribution in [3.63, 3.8) is 0 Å². The van der Waals surface area contributed by atoms with Crippen LogP contribution in [0, 0.1) is 0 Å². The number of pyridine rings is 1. The van der Waals surface area contributed by atoms with Gasteiger partial charge in [-0.25, -0.2) is 9.67 Å². The maximum Gasteiger partial charge on any atom is 0.160 e. The Morgan fingerprint density at radius 1 is 1.26 bits per heavy atom. The Kier molecular flexibility index (Phi) is 2.55. The van der Waals surface area contributed by atoms with Crippen LogP contribution in [0.4, 0.5) is 5.82 Å². The van der Waals surface area contributed by atoms with Crippen molar-refractivity contribution in [1.82, 2.24) is 14.8 Å². The molecule has 98 valence electrons. The molecular formula is C14H16N4O. The van der Waals surface area contributed by atoms with Gasteiger partial charge in [-0.15, -0.1) is 0 Å². The molecule has 0 saturated carbocycles. The lowest BCUT2D eigenvalue weighted by molar-refractivity contribution is 0.415. The van der Waals surface area contributed by atoms with Crippen molar-refractivity contribution < 1.29 is 4.74 Å². The number of hydrogen-bond acceptors (Lipinski definition) is 4. The minimum absolute atomic E-state index is 0.218. The van der Waals surface area contributed by atoms with Crippen LogP contribution in [0.15, 0.2) is 24.3 Å². The topological polar surface area (TPSA) is 66.0 Å². The number of anilines is 1. The second-order valence-corrected chi connectivity index (χ2v) is 4.84. The molecule has 2 heterocycles. The fourth-order valence-electron chi connectivity index (χ4n) is 2.20. The van der Waals surface area contributed by atoms with E-state index in [-0.39, 0.29) is 6.04 Å². The molecule has 19 heavy (non-hydrogen) atoms. The summed E-state index contributed by atoms with van der Waals surface area (Å²) in [6.07, 6.45) is 0. The molecule has 0 aliphatic heterocycles. The minimum atomic E-state index is 0.218. The summed E-state index contributed by atoms with van der Waals surface area (Å²) < 4.78 is 7.08. The molecule has 0 amide bonds. The first kappa shape index (κ1) is 11.8. The molecule has 5 heteroatoms. The van der Waals surface area contributed by atoms with Gasteiger partial charge in [0.25, 0.3) is 0 Å². The average molecular weight is 256 g/mol. The van der Waals surface area contributed by atoms with Crippen molar-refractivity contribution in [1.29, 1.82) is 0 Å². The molecule has 0 atom stereocenters. The molecule has 0 fully saturated rings. The molecule has 3 rings (SSSR count). The normalized spacial score (nSPS) is 11.6. The molecule has 0 radical (unpaired) electrons. The van der Waals surface area contributed by atoms with Gasteiger partial charge in [0, 0.05) is 17.5 Å². The van der Waals surface area contributed by atoms with Crippen molar-refractivity contribution in [2.45, 2.75) is 19.9 Å². The molecular weight excluding hydrogens is 240 g/mol. The first-order valence-corrected chi connectivity index (χ1v) is 6.22. The van der Waals surface area contributed by atoms with Crippen LogP contribution in [0.25, 0.3) is 21.9 Å². The Labute approximate surface area is 111 Å². The van der Waals surface area contributed by atoms with E-state index in [1.54, 1.807) is 7.11 Å². The first-order valence-electron chi connectivity index (χ1n) is 6.22. The maximum atomic E-state index is 5.97. The third-order valence-corrected chi connectivity index (χ3v) is 3.20. The number of methoxy groups -OCH3 is 1. The smallest absolute Gasteiger partial charge is 0.160 e. The van der Waals surface area contributed by atoms with Gasteiger partial charge < -0.3 is 10.5 Å². The van der Waals surface area contributed by atoms with Gasteiger partial charge in [-0.2, -0.15) is 5.10 Å². The SMILES string of the molecule is COc1ccc2cc3c(N)nn(C(C)C)c3nc2c1. The highest BCUT2D eigenvalue weighted by atomic mass is 16.5. The highest BCUT2D eigenvalue weighted by molar-refractivity contribution is 5.96. The average Bonchev–Trinajstić information content (AvgIpc) is 2.73. The Bertz CT molecular complexity index is 761. The number of nitrogens with two attached hydrogens (primary N) is 1. The lowest BCUT2D eigenvalue weighted by Gasteiger charge is -2.07. The molecule has 1 aromatic carbocycles. The van der Waals surface area contributed by atoms with Gasteiger partial charge in [-0.05, 0) is 32.0 Å². The quantitative estimate of drug-likeness (QED) is 0.765. The van der Waals surface area contributed by atoms with Gasteiger partial charge in [-0.1, -0.05) is 0 Å². The van der Waals surface area contributed by atoms with Crippen LogP contribution in [0.3, 0.4) is 0 Å². The number of benzene rings is 1. The number of rotatable bonds is 2. The maximum absolute atomic E-state index is 5.97. The van der Waals surface area contributed by atoms with E-state index in [2.05, 4.69) is 23.9 Å². The van der Waals surface area contributed by atoms with Gasteiger partial charge in [-0.3, -0.25) is 0 Å². The van der Waals surface area contributed by atoms with Crippen molar-refractivity contribution in [3.05, 3.63) is 24.3 Å². The lowest BCUT2D eigenvalue weighted by Crippen LogP contribution is -2.04. The van der Waals surface area contributed by atoms with E-state index in [1.165, 1.54) is 0 Å². The standard InChI is InChI=1S/C14H16N4O/c1-8(2)18-14-11(13(15)17-18)6-9-4-5-10(19-3)7-12(9)16-14/h4-8H,1-3H3,(H2,15,17). The van der Waals surface area contributed by atoms with Crippen LogP contribution in [0.2, 0.25) is 0 Å². The van der Waals surface area contributed by atoms with E-state index in [9.17, 15) is 0 Å². The van der Waals surface area contributed by atoms with Crippen LogP contribution >= 0.6 is 0 Å². The summed E-state index contributed by atoms with van der Waals surface area (Å²) in [6, 6.07) is 8.06. The number of nitrogens with zero attached hydrogens (tertiary/aromatic N) is 3. The third-order valence-electron chi connectivity index (χ3n) is 3.20. The monoisotopic (exact) mass is 256 g/mol. The largest absolute Gasteiger partial charge is 0.497 e. The Morgan fingerprint density at radius 3 is 2.74 bits per heavy atom. The summed E-state index contributed by atoms with van der Waals surface area (Å²) in [6.45, 7) is 4.12. The first-order chi connectivity index (χ1) is 9.10. The van der Waals surface area contributed by atoms with E-state index in [4.69, 9.17) is 10.5 Å². The zero-order chi connectivity index (χ0) is 13.6. The van der Waals surface area contributed by atoms with Crippen molar-refractivity contribution >= 4 is 27.8 Å². The van der Waals surface area contributed by atoms with Crippen LogP contribution in [-0.2, 0) is 0 Å². The van der Waals surface area contributed by atoms with Crippen molar-refractivity contribution in [3.8, 4) is 5.75 Å². The molecule has 3 aromatic rings. The third kappa shape index (κ3) is 1.78. The summed E-state index contributed by atoms with van der Waals surface area (Å²) >= 11 is 0. The van der Waals surface area contributed by atoms with E-state index < -0.39 is 0 Å². The number of hydrogen-bond donors (Lipinski definition) is 1. The number of nitrogen functional groups attached to an aromatic ring is 1. The highest BCUT2D eigenvalue weighted by Gasteiger charge is 2.13. The minimum Gasteiger partial charge on any atom is -0.497 e. The molecule has 0 spiro atoms. The predicted molar refractivity (Wildman–Crippen MR) is 76.4 cm³/mol. The Morgan fingerprint density at radius 2 is 2.05 bits per heavy atom. The van der Waals surface area contributed by atoms with Gasteiger partial charge in [0.05, 0.1) is 18.0 Å². The molecule has 0 bridgehead atoms. The van der Waals surface area contributed by atoms with E-state index in [0.29, 0.717) is 5.82 Å². The molecule has 2 aromatic heterocycles. The van der Waals surface area contributed by atoms with Crippen LogP contribution in [-0.4, -0.2) is 21.9 Å². The van der Waals surface area contributed by atoms with Crippen LogP contribution in [0.5, 0.6) is 5.75 Å². The van der Waals surface area contributed by atoms with Gasteiger partial charge in [0.15, 0.2) is 11.5 Å².